The van der Waals surface area contributed by atoms with Crippen LogP contribution in [0.3, 0.4) is 0 Å². The molecule has 0 saturated heterocycles. The van der Waals surface area contributed by atoms with Gasteiger partial charge in [-0.05, 0) is 56.7 Å². The molecule has 4 rings (SSSR count). The third-order valence-electron chi connectivity index (χ3n) is 5.10. The van der Waals surface area contributed by atoms with Crippen LogP contribution in [0.4, 0.5) is 10.2 Å². The summed E-state index contributed by atoms with van der Waals surface area (Å²) in [6.45, 7) is 4.75. The first-order valence-corrected chi connectivity index (χ1v) is 10.6. The highest BCUT2D eigenvalue weighted by Gasteiger charge is 2.34. The minimum Gasteiger partial charge on any atom is -0.328 e. The highest BCUT2D eigenvalue weighted by Crippen LogP contribution is 2.36. The van der Waals surface area contributed by atoms with Gasteiger partial charge in [-0.2, -0.15) is 4.37 Å². The number of aryl methyl sites for hydroxylation is 1. The van der Waals surface area contributed by atoms with Crippen molar-refractivity contribution in [1.29, 1.82) is 0 Å². The van der Waals surface area contributed by atoms with Crippen molar-refractivity contribution in [2.24, 2.45) is 0 Å². The zero-order valence-electron chi connectivity index (χ0n) is 17.3. The smallest absolute Gasteiger partial charge is 0.254 e. The van der Waals surface area contributed by atoms with E-state index in [9.17, 15) is 14.0 Å². The number of rotatable bonds is 5. The molecule has 3 aromatic rings. The summed E-state index contributed by atoms with van der Waals surface area (Å²) in [4.78, 5) is 36.1. The Kier molecular flexibility index (Phi) is 5.79. The van der Waals surface area contributed by atoms with Crippen LogP contribution >= 0.6 is 11.5 Å². The summed E-state index contributed by atoms with van der Waals surface area (Å²) < 4.78 is 19.5. The first kappa shape index (κ1) is 21.1. The lowest BCUT2D eigenvalue weighted by Gasteiger charge is -2.35. The van der Waals surface area contributed by atoms with E-state index >= 15 is 0 Å². The first-order valence-electron chi connectivity index (χ1n) is 9.81. The summed E-state index contributed by atoms with van der Waals surface area (Å²) in [6.07, 6.45) is 0. The van der Waals surface area contributed by atoms with E-state index in [-0.39, 0.29) is 24.4 Å². The lowest BCUT2D eigenvalue weighted by molar-refractivity contribution is -0.115. The number of halogens is 1. The van der Waals surface area contributed by atoms with Gasteiger partial charge in [0.15, 0.2) is 16.6 Å². The number of imidazole rings is 1. The summed E-state index contributed by atoms with van der Waals surface area (Å²) in [5.41, 5.74) is 1.12. The van der Waals surface area contributed by atoms with Crippen LogP contribution in [-0.2, 0) is 11.3 Å². The topological polar surface area (TPSA) is 105 Å². The second-order valence-electron chi connectivity index (χ2n) is 7.23. The van der Waals surface area contributed by atoms with Gasteiger partial charge in [0.1, 0.15) is 11.6 Å². The van der Waals surface area contributed by atoms with Crippen LogP contribution in [0.5, 0.6) is 0 Å². The van der Waals surface area contributed by atoms with Crippen LogP contribution in [0.15, 0.2) is 24.3 Å². The molecule has 0 aliphatic carbocycles. The molecule has 0 saturated carbocycles. The maximum Gasteiger partial charge on any atom is 0.254 e. The van der Waals surface area contributed by atoms with E-state index < -0.39 is 5.82 Å². The highest BCUT2D eigenvalue weighted by atomic mass is 32.1. The predicted octanol–water partition coefficient (Wildman–Crippen LogP) is 2.22. The van der Waals surface area contributed by atoms with E-state index in [0.717, 1.165) is 0 Å². The second kappa shape index (κ2) is 8.52. The summed E-state index contributed by atoms with van der Waals surface area (Å²) in [6, 6.07) is 5.12. The van der Waals surface area contributed by atoms with Crippen LogP contribution < -0.4 is 10.6 Å². The number of benzene rings is 1. The fraction of sp³-hybridized carbons (Fsp3) is 0.350. The molecule has 9 nitrogen and oxygen atoms in total. The molecule has 1 atom stereocenters. The van der Waals surface area contributed by atoms with E-state index in [1.807, 2.05) is 11.5 Å². The Morgan fingerprint density at radius 1 is 1.23 bits per heavy atom. The van der Waals surface area contributed by atoms with Crippen molar-refractivity contribution in [3.05, 3.63) is 47.2 Å². The number of carbonyl (C=O) groups is 2. The molecule has 2 amide bonds. The number of hydrogen-bond donors (Lipinski definition) is 2. The second-order valence-corrected chi connectivity index (χ2v) is 7.98. The number of likely N-dealkylation sites (N-methyl/N-ethyl adjacent to an activating group) is 1. The fourth-order valence-electron chi connectivity index (χ4n) is 3.68. The number of carbonyl (C=O) groups excluding carboxylic acids is 2. The van der Waals surface area contributed by atoms with Gasteiger partial charge >= 0.3 is 0 Å². The van der Waals surface area contributed by atoms with E-state index in [1.54, 1.807) is 18.9 Å². The molecule has 2 aromatic heterocycles. The van der Waals surface area contributed by atoms with Gasteiger partial charge in [0.25, 0.3) is 5.91 Å². The Morgan fingerprint density at radius 2 is 1.97 bits per heavy atom. The summed E-state index contributed by atoms with van der Waals surface area (Å²) in [7, 11) is 1.68. The van der Waals surface area contributed by atoms with Gasteiger partial charge in [0.05, 0.1) is 18.3 Å². The van der Waals surface area contributed by atoms with Gasteiger partial charge < -0.3 is 20.1 Å². The average molecular weight is 444 g/mol. The number of aromatic nitrogens is 4. The van der Waals surface area contributed by atoms with Gasteiger partial charge in [-0.3, -0.25) is 9.59 Å². The molecule has 0 spiro atoms. The van der Waals surface area contributed by atoms with Gasteiger partial charge in [-0.25, -0.2) is 14.4 Å². The van der Waals surface area contributed by atoms with Crippen molar-refractivity contribution in [1.82, 2.24) is 29.1 Å². The molecule has 31 heavy (non-hydrogen) atoms. The molecule has 1 aromatic carbocycles. The fourth-order valence-corrected chi connectivity index (χ4v) is 4.35. The van der Waals surface area contributed by atoms with Crippen LogP contribution in [-0.4, -0.2) is 55.8 Å². The van der Waals surface area contributed by atoms with E-state index in [1.165, 1.54) is 35.8 Å². The quantitative estimate of drug-likeness (QED) is 0.627. The standard InChI is InChI=1S/C20H22FN7O2S/c1-11-16-17(24-15(29)10-22-3)25-18(19-23-12(2)26-31-19)28(16)9-8-27(11)20(30)13-4-6-14(21)7-5-13/h4-7,11,22H,8-10H2,1-3H3,(H,24,29)/t11-/m1/s1. The Labute approximate surface area is 182 Å². The van der Waals surface area contributed by atoms with E-state index in [4.69, 9.17) is 0 Å². The molecule has 3 heterocycles. The van der Waals surface area contributed by atoms with Crippen LogP contribution in [0.2, 0.25) is 0 Å². The van der Waals surface area contributed by atoms with Crippen LogP contribution in [0, 0.1) is 12.7 Å². The molecule has 1 aliphatic rings. The zero-order valence-corrected chi connectivity index (χ0v) is 18.2. The molecule has 1 aliphatic heterocycles. The lowest BCUT2D eigenvalue weighted by atomic mass is 10.1. The van der Waals surface area contributed by atoms with Crippen molar-refractivity contribution in [3.8, 4) is 10.8 Å². The lowest BCUT2D eigenvalue weighted by Crippen LogP contribution is -2.41. The van der Waals surface area contributed by atoms with Gasteiger partial charge in [-0.1, -0.05) is 0 Å². The minimum absolute atomic E-state index is 0.131. The molecule has 11 heteroatoms. The van der Waals surface area contributed by atoms with E-state index in [2.05, 4.69) is 25.0 Å². The molecule has 0 fully saturated rings. The molecular weight excluding hydrogens is 421 g/mol. The number of amides is 2. The molecule has 0 unspecified atom stereocenters. The Hall–Kier alpha value is -3.18. The molecular formula is C20H22FN7O2S. The maximum atomic E-state index is 13.3. The van der Waals surface area contributed by atoms with Crippen molar-refractivity contribution in [3.63, 3.8) is 0 Å². The van der Waals surface area contributed by atoms with Crippen molar-refractivity contribution in [2.75, 3.05) is 25.5 Å². The Balaban J connectivity index is 1.73. The number of nitrogens with one attached hydrogen (secondary N) is 2. The number of nitrogens with zero attached hydrogens (tertiary/aromatic N) is 5. The number of anilines is 1. The molecule has 0 bridgehead atoms. The zero-order chi connectivity index (χ0) is 22.1. The summed E-state index contributed by atoms with van der Waals surface area (Å²) >= 11 is 1.24. The van der Waals surface area contributed by atoms with Crippen molar-refractivity contribution in [2.45, 2.75) is 26.4 Å². The largest absolute Gasteiger partial charge is 0.328 e. The molecule has 162 valence electrons. The maximum absolute atomic E-state index is 13.3. The number of fused-ring (bicyclic) bond motifs is 1. The van der Waals surface area contributed by atoms with Crippen LogP contribution in [0.25, 0.3) is 10.8 Å². The summed E-state index contributed by atoms with van der Waals surface area (Å²) in [5, 5.41) is 6.30. The first-order chi connectivity index (χ1) is 14.9. The summed E-state index contributed by atoms with van der Waals surface area (Å²) in [5.74, 6) is 0.814. The SMILES string of the molecule is CNCC(=O)Nc1nc(-c2nc(C)ns2)n2c1[C@@H](C)N(C(=O)c1ccc(F)cc1)CC2. The average Bonchev–Trinajstić information content (AvgIpc) is 3.32. The van der Waals surface area contributed by atoms with Crippen molar-refractivity contribution < 1.29 is 14.0 Å². The van der Waals surface area contributed by atoms with Crippen LogP contribution in [0.1, 0.15) is 34.8 Å². The third-order valence-corrected chi connectivity index (χ3v) is 5.90. The minimum atomic E-state index is -0.396. The molecule has 2 N–H and O–H groups in total. The van der Waals surface area contributed by atoms with Gasteiger partial charge in [-0.15, -0.1) is 0 Å². The Bertz CT molecular complexity index is 1130. The van der Waals surface area contributed by atoms with Crippen molar-refractivity contribution >= 4 is 29.2 Å². The predicted molar refractivity (Wildman–Crippen MR) is 114 cm³/mol. The highest BCUT2D eigenvalue weighted by molar-refractivity contribution is 7.09. The normalized spacial score (nSPS) is 15.6. The third kappa shape index (κ3) is 4.06. The van der Waals surface area contributed by atoms with E-state index in [0.29, 0.717) is 46.8 Å². The number of hydrogen-bond acceptors (Lipinski definition) is 7. The van der Waals surface area contributed by atoms with Gasteiger partial charge in [0.2, 0.25) is 5.91 Å². The monoisotopic (exact) mass is 443 g/mol. The molecule has 0 radical (unpaired) electrons. The Morgan fingerprint density at radius 3 is 2.61 bits per heavy atom. The van der Waals surface area contributed by atoms with Gasteiger partial charge in [0, 0.05) is 18.7 Å².